The first kappa shape index (κ1) is 15.9. The highest BCUT2D eigenvalue weighted by Crippen LogP contribution is 2.16. The van der Waals surface area contributed by atoms with Gasteiger partial charge in [0, 0.05) is 19.3 Å². The molecule has 2 N–H and O–H groups in total. The van der Waals surface area contributed by atoms with Gasteiger partial charge < -0.3 is 15.5 Å². The SMILES string of the molecule is O=C(Nc1cccnc1)N[C@H]1CCN(Cc2ccc(F)cc2)C1=O. The number of hydrogen-bond donors (Lipinski definition) is 2. The minimum absolute atomic E-state index is 0.138. The summed E-state index contributed by atoms with van der Waals surface area (Å²) in [5, 5.41) is 5.31. The van der Waals surface area contributed by atoms with E-state index in [4.69, 9.17) is 0 Å². The molecule has 2 aromatic rings. The van der Waals surface area contributed by atoms with Crippen LogP contribution in [0.1, 0.15) is 12.0 Å². The number of pyridine rings is 1. The second-order valence-corrected chi connectivity index (χ2v) is 5.57. The highest BCUT2D eigenvalue weighted by Gasteiger charge is 2.32. The lowest BCUT2D eigenvalue weighted by Crippen LogP contribution is -2.43. The van der Waals surface area contributed by atoms with Crippen molar-refractivity contribution >= 4 is 17.6 Å². The van der Waals surface area contributed by atoms with Gasteiger partial charge >= 0.3 is 6.03 Å². The maximum absolute atomic E-state index is 12.9. The van der Waals surface area contributed by atoms with Gasteiger partial charge in [-0.25, -0.2) is 9.18 Å². The van der Waals surface area contributed by atoms with Crippen LogP contribution >= 0.6 is 0 Å². The van der Waals surface area contributed by atoms with E-state index in [2.05, 4.69) is 15.6 Å². The summed E-state index contributed by atoms with van der Waals surface area (Å²) in [5.41, 5.74) is 1.41. The molecule has 0 unspecified atom stereocenters. The third-order valence-corrected chi connectivity index (χ3v) is 3.81. The average Bonchev–Trinajstić information content (AvgIpc) is 2.91. The van der Waals surface area contributed by atoms with Gasteiger partial charge in [0.15, 0.2) is 0 Å². The lowest BCUT2D eigenvalue weighted by Gasteiger charge is -2.17. The molecule has 1 aromatic carbocycles. The molecular formula is C17H17FN4O2. The molecule has 124 valence electrons. The van der Waals surface area contributed by atoms with Crippen molar-refractivity contribution in [2.75, 3.05) is 11.9 Å². The zero-order chi connectivity index (χ0) is 16.9. The first-order valence-corrected chi connectivity index (χ1v) is 7.62. The van der Waals surface area contributed by atoms with Gasteiger partial charge in [0.2, 0.25) is 5.91 Å². The number of benzene rings is 1. The molecule has 1 aliphatic heterocycles. The highest BCUT2D eigenvalue weighted by molar-refractivity contribution is 5.94. The number of hydrogen-bond acceptors (Lipinski definition) is 3. The van der Waals surface area contributed by atoms with Crippen LogP contribution in [0.4, 0.5) is 14.9 Å². The quantitative estimate of drug-likeness (QED) is 0.903. The number of anilines is 1. The number of aromatic nitrogens is 1. The van der Waals surface area contributed by atoms with Gasteiger partial charge in [0.1, 0.15) is 11.9 Å². The van der Waals surface area contributed by atoms with E-state index in [1.54, 1.807) is 35.4 Å². The molecule has 1 fully saturated rings. The Morgan fingerprint density at radius 1 is 1.29 bits per heavy atom. The molecule has 6 nitrogen and oxygen atoms in total. The average molecular weight is 328 g/mol. The van der Waals surface area contributed by atoms with Crippen molar-refractivity contribution in [2.24, 2.45) is 0 Å². The fourth-order valence-electron chi connectivity index (χ4n) is 2.60. The number of rotatable bonds is 4. The molecule has 7 heteroatoms. The van der Waals surface area contributed by atoms with Crippen molar-refractivity contribution < 1.29 is 14.0 Å². The van der Waals surface area contributed by atoms with Crippen LogP contribution in [0, 0.1) is 5.82 Å². The van der Waals surface area contributed by atoms with Crippen LogP contribution in [-0.2, 0) is 11.3 Å². The van der Waals surface area contributed by atoms with Crippen molar-refractivity contribution in [2.45, 2.75) is 19.0 Å². The highest BCUT2D eigenvalue weighted by atomic mass is 19.1. The number of urea groups is 1. The van der Waals surface area contributed by atoms with Crippen LogP contribution in [0.15, 0.2) is 48.8 Å². The molecular weight excluding hydrogens is 311 g/mol. The summed E-state index contributed by atoms with van der Waals surface area (Å²) in [5.74, 6) is -0.446. The van der Waals surface area contributed by atoms with E-state index in [1.165, 1.54) is 18.3 Å². The number of amides is 3. The summed E-state index contributed by atoms with van der Waals surface area (Å²) in [6.45, 7) is 0.954. The van der Waals surface area contributed by atoms with Gasteiger partial charge in [-0.15, -0.1) is 0 Å². The molecule has 0 spiro atoms. The zero-order valence-corrected chi connectivity index (χ0v) is 12.9. The molecule has 0 aliphatic carbocycles. The van der Waals surface area contributed by atoms with E-state index in [1.807, 2.05) is 0 Å². The summed E-state index contributed by atoms with van der Waals surface area (Å²) in [4.78, 5) is 29.9. The molecule has 1 aliphatic rings. The standard InChI is InChI=1S/C17H17FN4O2/c18-13-5-3-12(4-6-13)11-22-9-7-15(16(22)23)21-17(24)20-14-2-1-8-19-10-14/h1-6,8,10,15H,7,9,11H2,(H2,20,21,24)/t15-/m0/s1. The molecule has 2 heterocycles. The Morgan fingerprint density at radius 2 is 2.08 bits per heavy atom. The third-order valence-electron chi connectivity index (χ3n) is 3.81. The van der Waals surface area contributed by atoms with Crippen LogP contribution in [0.2, 0.25) is 0 Å². The Balaban J connectivity index is 1.54. The molecule has 3 amide bonds. The van der Waals surface area contributed by atoms with Crippen molar-refractivity contribution in [3.8, 4) is 0 Å². The van der Waals surface area contributed by atoms with Gasteiger partial charge in [-0.1, -0.05) is 12.1 Å². The fraction of sp³-hybridized carbons (Fsp3) is 0.235. The predicted octanol–water partition coefficient (Wildman–Crippen LogP) is 2.14. The number of nitrogens with zero attached hydrogens (tertiary/aromatic N) is 2. The summed E-state index contributed by atoms with van der Waals surface area (Å²) in [6, 6.07) is 8.47. The van der Waals surface area contributed by atoms with Gasteiger partial charge in [0.05, 0.1) is 11.9 Å². The molecule has 1 atom stereocenters. The first-order valence-electron chi connectivity index (χ1n) is 7.62. The molecule has 0 saturated carbocycles. The van der Waals surface area contributed by atoms with Gasteiger partial charge in [-0.2, -0.15) is 0 Å². The largest absolute Gasteiger partial charge is 0.336 e. The van der Waals surface area contributed by atoms with E-state index in [0.717, 1.165) is 5.56 Å². The lowest BCUT2D eigenvalue weighted by atomic mass is 10.2. The zero-order valence-electron chi connectivity index (χ0n) is 12.9. The molecule has 1 saturated heterocycles. The summed E-state index contributed by atoms with van der Waals surface area (Å²) in [7, 11) is 0. The van der Waals surface area contributed by atoms with Gasteiger partial charge in [0.25, 0.3) is 0 Å². The Kier molecular flexibility index (Phi) is 4.69. The van der Waals surface area contributed by atoms with Crippen molar-refractivity contribution in [3.63, 3.8) is 0 Å². The minimum Gasteiger partial charge on any atom is -0.336 e. The Morgan fingerprint density at radius 3 is 2.79 bits per heavy atom. The van der Waals surface area contributed by atoms with Crippen LogP contribution in [0.5, 0.6) is 0 Å². The maximum atomic E-state index is 12.9. The summed E-state index contributed by atoms with van der Waals surface area (Å²) < 4.78 is 12.9. The minimum atomic E-state index is -0.554. The second kappa shape index (κ2) is 7.08. The Hall–Kier alpha value is -2.96. The van der Waals surface area contributed by atoms with Gasteiger partial charge in [-0.3, -0.25) is 9.78 Å². The molecule has 3 rings (SSSR count). The van der Waals surface area contributed by atoms with E-state index >= 15 is 0 Å². The number of carbonyl (C=O) groups is 2. The van der Waals surface area contributed by atoms with E-state index in [0.29, 0.717) is 25.2 Å². The van der Waals surface area contributed by atoms with Crippen LogP contribution in [-0.4, -0.2) is 34.4 Å². The van der Waals surface area contributed by atoms with Gasteiger partial charge in [-0.05, 0) is 36.2 Å². The molecule has 24 heavy (non-hydrogen) atoms. The third kappa shape index (κ3) is 3.87. The number of halogens is 1. The van der Waals surface area contributed by atoms with Crippen LogP contribution < -0.4 is 10.6 Å². The van der Waals surface area contributed by atoms with Crippen molar-refractivity contribution in [3.05, 3.63) is 60.2 Å². The Bertz CT molecular complexity index is 721. The number of nitrogens with one attached hydrogen (secondary N) is 2. The van der Waals surface area contributed by atoms with E-state index in [-0.39, 0.29) is 11.7 Å². The van der Waals surface area contributed by atoms with E-state index in [9.17, 15) is 14.0 Å². The smallest absolute Gasteiger partial charge is 0.319 e. The number of carbonyl (C=O) groups excluding carboxylic acids is 2. The normalized spacial score (nSPS) is 17.0. The second-order valence-electron chi connectivity index (χ2n) is 5.57. The van der Waals surface area contributed by atoms with E-state index < -0.39 is 12.1 Å². The van der Waals surface area contributed by atoms with Crippen molar-refractivity contribution in [1.29, 1.82) is 0 Å². The summed E-state index contributed by atoms with van der Waals surface area (Å²) in [6.07, 6.45) is 3.67. The van der Waals surface area contributed by atoms with Crippen LogP contribution in [0.3, 0.4) is 0 Å². The fourth-order valence-corrected chi connectivity index (χ4v) is 2.60. The molecule has 0 radical (unpaired) electrons. The number of likely N-dealkylation sites (tertiary alicyclic amines) is 1. The topological polar surface area (TPSA) is 74.3 Å². The lowest BCUT2D eigenvalue weighted by molar-refractivity contribution is -0.129. The maximum Gasteiger partial charge on any atom is 0.319 e. The molecule has 1 aromatic heterocycles. The van der Waals surface area contributed by atoms with Crippen LogP contribution in [0.25, 0.3) is 0 Å². The summed E-state index contributed by atoms with van der Waals surface area (Å²) >= 11 is 0. The van der Waals surface area contributed by atoms with Crippen molar-refractivity contribution in [1.82, 2.24) is 15.2 Å². The monoisotopic (exact) mass is 328 g/mol. The molecule has 0 bridgehead atoms. The first-order chi connectivity index (χ1) is 11.6. The Labute approximate surface area is 138 Å². The predicted molar refractivity (Wildman–Crippen MR) is 86.6 cm³/mol.